The van der Waals surface area contributed by atoms with Gasteiger partial charge in [0.15, 0.2) is 5.65 Å². The molecule has 3 heterocycles. The number of nitrogens with zero attached hydrogens (tertiary/aromatic N) is 5. The molecule has 0 aromatic carbocycles. The van der Waals surface area contributed by atoms with E-state index in [1.54, 1.807) is 12.5 Å². The Kier molecular flexibility index (Phi) is 2.87. The summed E-state index contributed by atoms with van der Waals surface area (Å²) in [6.07, 6.45) is 4.07. The number of hydrogen-bond acceptors (Lipinski definition) is 6. The van der Waals surface area contributed by atoms with E-state index < -0.39 is 5.60 Å². The van der Waals surface area contributed by atoms with Gasteiger partial charge in [-0.15, -0.1) is 0 Å². The zero-order chi connectivity index (χ0) is 13.5. The van der Waals surface area contributed by atoms with Crippen LogP contribution in [0.4, 0.5) is 5.95 Å². The van der Waals surface area contributed by atoms with Crippen LogP contribution in [-0.4, -0.2) is 69.3 Å². The van der Waals surface area contributed by atoms with Crippen molar-refractivity contribution in [1.29, 1.82) is 0 Å². The number of aromatic nitrogens is 4. The van der Waals surface area contributed by atoms with E-state index >= 15 is 0 Å². The second-order valence-corrected chi connectivity index (χ2v) is 5.44. The maximum Gasteiger partial charge on any atom is 0.227 e. The van der Waals surface area contributed by atoms with E-state index in [2.05, 4.69) is 19.9 Å². The second kappa shape index (κ2) is 4.43. The van der Waals surface area contributed by atoms with E-state index in [1.165, 1.54) is 0 Å². The van der Waals surface area contributed by atoms with E-state index in [-0.39, 0.29) is 0 Å². The summed E-state index contributed by atoms with van der Waals surface area (Å²) in [7, 11) is 3.93. The van der Waals surface area contributed by atoms with Crippen molar-refractivity contribution in [2.75, 3.05) is 38.6 Å². The van der Waals surface area contributed by atoms with Gasteiger partial charge in [0.1, 0.15) is 5.52 Å². The molecule has 1 aliphatic rings. The number of likely N-dealkylation sites (N-methyl/N-ethyl adjacent to an activating group) is 1. The lowest BCUT2D eigenvalue weighted by molar-refractivity contribution is 0.0365. The highest BCUT2D eigenvalue weighted by molar-refractivity contribution is 5.69. The highest BCUT2D eigenvalue weighted by Gasteiger charge is 2.37. The standard InChI is InChI=1S/C12H18N6O/c1-17(2)6-12(19)3-4-18(7-12)11-13-5-9-10(16-11)15-8-14-9/h5,8,19H,3-4,6-7H2,1-2H3,(H,13,14,15,16). The molecule has 7 heteroatoms. The van der Waals surface area contributed by atoms with E-state index in [0.717, 1.165) is 18.5 Å². The molecular formula is C12H18N6O. The molecule has 102 valence electrons. The molecule has 0 bridgehead atoms. The molecule has 2 aromatic heterocycles. The Bertz CT molecular complexity index is 582. The van der Waals surface area contributed by atoms with Crippen molar-refractivity contribution in [1.82, 2.24) is 24.8 Å². The van der Waals surface area contributed by atoms with Crippen molar-refractivity contribution in [3.63, 3.8) is 0 Å². The number of nitrogens with one attached hydrogen (secondary N) is 1. The Labute approximate surface area is 111 Å². The largest absolute Gasteiger partial charge is 0.387 e. The summed E-state index contributed by atoms with van der Waals surface area (Å²) in [5, 5.41) is 10.5. The normalized spacial score (nSPS) is 23.7. The predicted octanol–water partition coefficient (Wildman–Crippen LogP) is -0.144. The highest BCUT2D eigenvalue weighted by atomic mass is 16.3. The smallest absolute Gasteiger partial charge is 0.227 e. The number of rotatable bonds is 3. The van der Waals surface area contributed by atoms with E-state index in [9.17, 15) is 5.11 Å². The van der Waals surface area contributed by atoms with Crippen LogP contribution in [0, 0.1) is 0 Å². The first-order chi connectivity index (χ1) is 9.06. The zero-order valence-corrected chi connectivity index (χ0v) is 11.2. The van der Waals surface area contributed by atoms with Crippen LogP contribution in [-0.2, 0) is 0 Å². The van der Waals surface area contributed by atoms with Gasteiger partial charge in [-0.2, -0.15) is 4.98 Å². The zero-order valence-electron chi connectivity index (χ0n) is 11.2. The van der Waals surface area contributed by atoms with Crippen LogP contribution in [0.1, 0.15) is 6.42 Å². The predicted molar refractivity (Wildman–Crippen MR) is 72.0 cm³/mol. The molecule has 3 rings (SSSR count). The third-order valence-corrected chi connectivity index (χ3v) is 3.39. The van der Waals surface area contributed by atoms with Gasteiger partial charge in [-0.05, 0) is 20.5 Å². The number of anilines is 1. The molecule has 2 aromatic rings. The summed E-state index contributed by atoms with van der Waals surface area (Å²) in [6.45, 7) is 1.97. The molecule has 1 atom stereocenters. The maximum absolute atomic E-state index is 10.5. The van der Waals surface area contributed by atoms with Gasteiger partial charge < -0.3 is 19.9 Å². The number of aromatic amines is 1. The monoisotopic (exact) mass is 262 g/mol. The molecule has 0 aliphatic carbocycles. The van der Waals surface area contributed by atoms with Crippen LogP contribution in [0.15, 0.2) is 12.5 Å². The number of aliphatic hydroxyl groups is 1. The third kappa shape index (κ3) is 2.39. The van der Waals surface area contributed by atoms with Crippen molar-refractivity contribution in [2.45, 2.75) is 12.0 Å². The number of β-amino-alcohol motifs (C(OH)–C–C–N with tert-alkyl or cyclic N) is 1. The van der Waals surface area contributed by atoms with Crippen LogP contribution in [0.5, 0.6) is 0 Å². The Morgan fingerprint density at radius 3 is 3.11 bits per heavy atom. The number of fused-ring (bicyclic) bond motifs is 1. The molecule has 19 heavy (non-hydrogen) atoms. The summed E-state index contributed by atoms with van der Waals surface area (Å²) in [5.41, 5.74) is 0.799. The molecule has 1 fully saturated rings. The van der Waals surface area contributed by atoms with Gasteiger partial charge in [-0.1, -0.05) is 0 Å². The summed E-state index contributed by atoms with van der Waals surface area (Å²) >= 11 is 0. The Balaban J connectivity index is 1.80. The van der Waals surface area contributed by atoms with Crippen LogP contribution >= 0.6 is 0 Å². The topological polar surface area (TPSA) is 81.2 Å². The van der Waals surface area contributed by atoms with Crippen LogP contribution in [0.25, 0.3) is 11.2 Å². The maximum atomic E-state index is 10.5. The van der Waals surface area contributed by atoms with Crippen LogP contribution < -0.4 is 4.90 Å². The minimum absolute atomic E-state index is 0.557. The van der Waals surface area contributed by atoms with Crippen molar-refractivity contribution in [3.05, 3.63) is 12.5 Å². The minimum atomic E-state index is -0.687. The fourth-order valence-corrected chi connectivity index (χ4v) is 2.62. The molecular weight excluding hydrogens is 244 g/mol. The number of hydrogen-bond donors (Lipinski definition) is 2. The fraction of sp³-hybridized carbons (Fsp3) is 0.583. The molecule has 1 unspecified atom stereocenters. The average molecular weight is 262 g/mol. The van der Waals surface area contributed by atoms with Gasteiger partial charge in [-0.25, -0.2) is 9.97 Å². The van der Waals surface area contributed by atoms with Crippen molar-refractivity contribution in [3.8, 4) is 0 Å². The molecule has 2 N–H and O–H groups in total. The van der Waals surface area contributed by atoms with Gasteiger partial charge in [0, 0.05) is 13.1 Å². The highest BCUT2D eigenvalue weighted by Crippen LogP contribution is 2.25. The molecule has 0 radical (unpaired) electrons. The molecule has 7 nitrogen and oxygen atoms in total. The Hall–Kier alpha value is -1.73. The Morgan fingerprint density at radius 2 is 2.32 bits per heavy atom. The lowest BCUT2D eigenvalue weighted by Gasteiger charge is -2.26. The minimum Gasteiger partial charge on any atom is -0.387 e. The lowest BCUT2D eigenvalue weighted by Crippen LogP contribution is -2.42. The molecule has 1 aliphatic heterocycles. The van der Waals surface area contributed by atoms with Crippen LogP contribution in [0.2, 0.25) is 0 Å². The molecule has 0 saturated carbocycles. The number of imidazole rings is 1. The first-order valence-corrected chi connectivity index (χ1v) is 6.34. The van der Waals surface area contributed by atoms with Crippen molar-refractivity contribution < 1.29 is 5.11 Å². The summed E-state index contributed by atoms with van der Waals surface area (Å²) in [6, 6.07) is 0. The van der Waals surface area contributed by atoms with Gasteiger partial charge >= 0.3 is 0 Å². The van der Waals surface area contributed by atoms with E-state index in [0.29, 0.717) is 24.7 Å². The first kappa shape index (κ1) is 12.3. The van der Waals surface area contributed by atoms with Gasteiger partial charge in [0.05, 0.1) is 24.7 Å². The average Bonchev–Trinajstić information content (AvgIpc) is 2.93. The van der Waals surface area contributed by atoms with E-state index in [1.807, 2.05) is 23.9 Å². The third-order valence-electron chi connectivity index (χ3n) is 3.39. The van der Waals surface area contributed by atoms with E-state index in [4.69, 9.17) is 0 Å². The molecule has 0 spiro atoms. The Morgan fingerprint density at radius 1 is 1.47 bits per heavy atom. The van der Waals surface area contributed by atoms with Gasteiger partial charge in [-0.3, -0.25) is 0 Å². The summed E-state index contributed by atoms with van der Waals surface area (Å²) < 4.78 is 0. The fourth-order valence-electron chi connectivity index (χ4n) is 2.62. The SMILES string of the molecule is CN(C)CC1(O)CCN(c2ncc3[nH]cnc3n2)C1. The first-order valence-electron chi connectivity index (χ1n) is 6.34. The van der Waals surface area contributed by atoms with Gasteiger partial charge in [0.2, 0.25) is 5.95 Å². The van der Waals surface area contributed by atoms with Crippen molar-refractivity contribution >= 4 is 17.1 Å². The quantitative estimate of drug-likeness (QED) is 0.801. The van der Waals surface area contributed by atoms with Crippen molar-refractivity contribution in [2.24, 2.45) is 0 Å². The van der Waals surface area contributed by atoms with Gasteiger partial charge in [0.25, 0.3) is 0 Å². The van der Waals surface area contributed by atoms with Crippen LogP contribution in [0.3, 0.4) is 0 Å². The molecule has 1 saturated heterocycles. The summed E-state index contributed by atoms with van der Waals surface area (Å²) in [4.78, 5) is 19.8. The second-order valence-electron chi connectivity index (χ2n) is 5.44. The summed E-state index contributed by atoms with van der Waals surface area (Å²) in [5.74, 6) is 0.634. The number of H-pyrrole nitrogens is 1. The molecule has 0 amide bonds. The lowest BCUT2D eigenvalue weighted by atomic mass is 10.0.